The number of rotatable bonds is 9. The van der Waals surface area contributed by atoms with Gasteiger partial charge in [0, 0.05) is 19.6 Å². The number of carbonyl (C=O) groups is 2. The average molecular weight is 477 g/mol. The van der Waals surface area contributed by atoms with Crippen molar-refractivity contribution < 1.29 is 9.59 Å². The number of hydrogen-bond acceptors (Lipinski definition) is 4. The summed E-state index contributed by atoms with van der Waals surface area (Å²) >= 11 is 0. The van der Waals surface area contributed by atoms with E-state index in [1.165, 1.54) is 37.7 Å². The molecule has 0 radical (unpaired) electrons. The summed E-state index contributed by atoms with van der Waals surface area (Å²) in [5, 5.41) is 3.08. The lowest BCUT2D eigenvalue weighted by Crippen LogP contribution is -2.51. The lowest BCUT2D eigenvalue weighted by molar-refractivity contribution is -0.139. The highest BCUT2D eigenvalue weighted by Crippen LogP contribution is 2.38. The van der Waals surface area contributed by atoms with Gasteiger partial charge in [-0.05, 0) is 47.8 Å². The number of amides is 2. The lowest BCUT2D eigenvalue weighted by Gasteiger charge is -2.28. The first kappa shape index (κ1) is 25.4. The van der Waals surface area contributed by atoms with E-state index in [0.717, 1.165) is 24.0 Å². The molecule has 1 heterocycles. The number of nitrogens with one attached hydrogen (secondary N) is 1. The summed E-state index contributed by atoms with van der Waals surface area (Å²) in [4.78, 5) is 28.6. The second-order valence-corrected chi connectivity index (χ2v) is 10.3. The first-order valence-corrected chi connectivity index (χ1v) is 13.2. The third-order valence-electron chi connectivity index (χ3n) is 7.87. The van der Waals surface area contributed by atoms with Gasteiger partial charge in [0.2, 0.25) is 11.8 Å². The summed E-state index contributed by atoms with van der Waals surface area (Å²) in [6, 6.07) is 17.0. The molecule has 4 rings (SSSR count). The second-order valence-electron chi connectivity index (χ2n) is 10.3. The molecule has 1 saturated heterocycles. The molecule has 0 bridgehead atoms. The quantitative estimate of drug-likeness (QED) is 0.515. The van der Waals surface area contributed by atoms with E-state index in [4.69, 9.17) is 11.5 Å². The summed E-state index contributed by atoms with van der Waals surface area (Å²) in [6.07, 6.45) is 8.27. The highest BCUT2D eigenvalue weighted by Gasteiger charge is 2.43. The maximum atomic E-state index is 13.5. The topological polar surface area (TPSA) is 101 Å². The Morgan fingerprint density at radius 3 is 2.29 bits per heavy atom. The minimum absolute atomic E-state index is 0.0742. The Hall–Kier alpha value is -2.70. The van der Waals surface area contributed by atoms with Crippen molar-refractivity contribution >= 4 is 11.8 Å². The van der Waals surface area contributed by atoms with Crippen molar-refractivity contribution in [3.05, 3.63) is 71.3 Å². The number of likely N-dealkylation sites (tertiary alicyclic amines) is 1. The molecule has 0 spiro atoms. The monoisotopic (exact) mass is 476 g/mol. The molecule has 5 N–H and O–H groups in total. The Balaban J connectivity index is 1.41. The first-order chi connectivity index (χ1) is 17.0. The molecule has 6 heteroatoms. The van der Waals surface area contributed by atoms with Gasteiger partial charge in [-0.15, -0.1) is 0 Å². The fourth-order valence-electron chi connectivity index (χ4n) is 5.71. The first-order valence-electron chi connectivity index (χ1n) is 13.2. The van der Waals surface area contributed by atoms with Crippen LogP contribution in [0.25, 0.3) is 0 Å². The van der Waals surface area contributed by atoms with Crippen molar-refractivity contribution in [2.45, 2.75) is 76.5 Å². The highest BCUT2D eigenvalue weighted by molar-refractivity contribution is 5.90. The summed E-state index contributed by atoms with van der Waals surface area (Å²) < 4.78 is 0. The van der Waals surface area contributed by atoms with Crippen LogP contribution in [0.3, 0.4) is 0 Å². The maximum Gasteiger partial charge on any atom is 0.243 e. The minimum Gasteiger partial charge on any atom is -0.350 e. The molecule has 2 amide bonds. The van der Waals surface area contributed by atoms with Crippen LogP contribution in [0.4, 0.5) is 0 Å². The van der Waals surface area contributed by atoms with E-state index in [1.54, 1.807) is 4.90 Å². The van der Waals surface area contributed by atoms with Crippen LogP contribution in [0, 0.1) is 11.8 Å². The molecule has 2 aromatic carbocycles. The molecule has 1 aliphatic heterocycles. The molecule has 1 saturated carbocycles. The van der Waals surface area contributed by atoms with E-state index in [-0.39, 0.29) is 11.8 Å². The van der Waals surface area contributed by atoms with E-state index >= 15 is 0 Å². The molecule has 6 nitrogen and oxygen atoms in total. The molecular weight excluding hydrogens is 436 g/mol. The molecule has 3 atom stereocenters. The smallest absolute Gasteiger partial charge is 0.243 e. The molecule has 2 aromatic rings. The number of benzene rings is 2. The number of hydrogen-bond donors (Lipinski definition) is 3. The molecule has 2 aliphatic rings. The van der Waals surface area contributed by atoms with Crippen LogP contribution < -0.4 is 16.8 Å². The van der Waals surface area contributed by atoms with Crippen molar-refractivity contribution in [3.63, 3.8) is 0 Å². The van der Waals surface area contributed by atoms with E-state index in [1.807, 2.05) is 42.5 Å². The van der Waals surface area contributed by atoms with Gasteiger partial charge < -0.3 is 21.7 Å². The van der Waals surface area contributed by atoms with E-state index in [2.05, 4.69) is 17.4 Å². The van der Waals surface area contributed by atoms with Crippen LogP contribution in [0.1, 0.15) is 61.6 Å². The zero-order valence-electron chi connectivity index (χ0n) is 20.7. The molecule has 188 valence electrons. The number of nitrogens with two attached hydrogens (primary N) is 2. The molecular formula is C29H40N4O2. The van der Waals surface area contributed by atoms with Crippen molar-refractivity contribution in [1.82, 2.24) is 10.2 Å². The van der Waals surface area contributed by atoms with Gasteiger partial charge in [0.1, 0.15) is 6.04 Å². The number of nitrogens with zero attached hydrogens (tertiary/aromatic N) is 1. The number of carbonyl (C=O) groups excluding carboxylic acids is 2. The molecule has 3 unspecified atom stereocenters. The predicted molar refractivity (Wildman–Crippen MR) is 139 cm³/mol. The minimum atomic E-state index is -0.598. The third kappa shape index (κ3) is 6.71. The van der Waals surface area contributed by atoms with E-state index < -0.39 is 12.1 Å². The van der Waals surface area contributed by atoms with Gasteiger partial charge in [-0.3, -0.25) is 9.59 Å². The Morgan fingerprint density at radius 1 is 0.914 bits per heavy atom. The van der Waals surface area contributed by atoms with Gasteiger partial charge in [-0.25, -0.2) is 0 Å². The largest absolute Gasteiger partial charge is 0.350 e. The summed E-state index contributed by atoms with van der Waals surface area (Å²) in [5.41, 5.74) is 15.3. The summed E-state index contributed by atoms with van der Waals surface area (Å²) in [6.45, 7) is 1.58. The summed E-state index contributed by atoms with van der Waals surface area (Å²) in [5.74, 6) is 0.808. The van der Waals surface area contributed by atoms with Crippen LogP contribution in [0.5, 0.6) is 0 Å². The van der Waals surface area contributed by atoms with Crippen molar-refractivity contribution in [2.75, 3.05) is 6.54 Å². The second kappa shape index (κ2) is 12.3. The van der Waals surface area contributed by atoms with Gasteiger partial charge in [-0.1, -0.05) is 86.7 Å². The van der Waals surface area contributed by atoms with E-state index in [0.29, 0.717) is 37.9 Å². The Morgan fingerprint density at radius 2 is 1.60 bits per heavy atom. The molecule has 2 fully saturated rings. The van der Waals surface area contributed by atoms with Crippen LogP contribution in [0.2, 0.25) is 0 Å². The van der Waals surface area contributed by atoms with Gasteiger partial charge in [0.25, 0.3) is 0 Å². The zero-order valence-corrected chi connectivity index (χ0v) is 20.7. The fourth-order valence-corrected chi connectivity index (χ4v) is 5.71. The van der Waals surface area contributed by atoms with Crippen LogP contribution in [0.15, 0.2) is 54.6 Å². The third-order valence-corrected chi connectivity index (χ3v) is 7.87. The fraction of sp³-hybridized carbons (Fsp3) is 0.517. The SMILES string of the molecule is NCc1ccc(CNC(=O)C2CC(C3CCCCC3)CN2C(=O)C(N)CCc2ccccc2)cc1. The lowest BCUT2D eigenvalue weighted by atomic mass is 9.79. The van der Waals surface area contributed by atoms with Crippen molar-refractivity contribution in [1.29, 1.82) is 0 Å². The molecule has 1 aliphatic carbocycles. The molecule has 0 aromatic heterocycles. The Labute approximate surface area is 209 Å². The van der Waals surface area contributed by atoms with E-state index in [9.17, 15) is 9.59 Å². The Kier molecular flexibility index (Phi) is 8.94. The van der Waals surface area contributed by atoms with Gasteiger partial charge in [0.15, 0.2) is 0 Å². The average Bonchev–Trinajstić information content (AvgIpc) is 3.37. The molecule has 35 heavy (non-hydrogen) atoms. The number of aryl methyl sites for hydroxylation is 1. The standard InChI is InChI=1S/C29H40N4O2/c30-18-22-11-13-23(14-12-22)19-32-28(34)27-17-25(24-9-5-2-6-10-24)20-33(27)29(35)26(31)16-15-21-7-3-1-4-8-21/h1,3-4,7-8,11-14,24-27H,2,5-6,9-10,15-20,30-31H2,(H,32,34). The van der Waals surface area contributed by atoms with Crippen molar-refractivity contribution in [2.24, 2.45) is 23.3 Å². The van der Waals surface area contributed by atoms with Crippen molar-refractivity contribution in [3.8, 4) is 0 Å². The van der Waals surface area contributed by atoms with Crippen LogP contribution >= 0.6 is 0 Å². The highest BCUT2D eigenvalue weighted by atomic mass is 16.2. The maximum absolute atomic E-state index is 13.5. The van der Waals surface area contributed by atoms with Crippen LogP contribution in [-0.2, 0) is 29.1 Å². The summed E-state index contributed by atoms with van der Waals surface area (Å²) in [7, 11) is 0. The van der Waals surface area contributed by atoms with Gasteiger partial charge >= 0.3 is 0 Å². The Bertz CT molecular complexity index is 956. The van der Waals surface area contributed by atoms with Crippen LogP contribution in [-0.4, -0.2) is 35.3 Å². The normalized spacial score (nSPS) is 21.6. The van der Waals surface area contributed by atoms with Gasteiger partial charge in [0.05, 0.1) is 6.04 Å². The predicted octanol–water partition coefficient (Wildman–Crippen LogP) is 3.52. The zero-order chi connectivity index (χ0) is 24.6. The van der Waals surface area contributed by atoms with Gasteiger partial charge in [-0.2, -0.15) is 0 Å².